The Morgan fingerprint density at radius 2 is 1.89 bits per heavy atom. The summed E-state index contributed by atoms with van der Waals surface area (Å²) in [5.41, 5.74) is 1.99. The molecule has 1 amide bonds. The highest BCUT2D eigenvalue weighted by Crippen LogP contribution is 2.09. The molecule has 0 aliphatic carbocycles. The molecule has 18 heavy (non-hydrogen) atoms. The normalized spacial score (nSPS) is 10.1. The van der Waals surface area contributed by atoms with E-state index in [0.717, 1.165) is 11.1 Å². The van der Waals surface area contributed by atoms with E-state index in [-0.39, 0.29) is 18.7 Å². The molecule has 0 aliphatic rings. The summed E-state index contributed by atoms with van der Waals surface area (Å²) in [6.45, 7) is 0.874. The van der Waals surface area contributed by atoms with Gasteiger partial charge in [0.1, 0.15) is 0 Å². The topological polar surface area (TPSA) is 75.6 Å². The van der Waals surface area contributed by atoms with E-state index in [0.29, 0.717) is 13.2 Å². The molecule has 0 unspecified atom stereocenters. The second kappa shape index (κ2) is 7.45. The van der Waals surface area contributed by atoms with E-state index >= 15 is 0 Å². The van der Waals surface area contributed by atoms with Gasteiger partial charge in [-0.25, -0.2) is 0 Å². The summed E-state index contributed by atoms with van der Waals surface area (Å²) in [6.07, 6.45) is -0.146. The third-order valence-electron chi connectivity index (χ3n) is 2.46. The number of nitrogens with one attached hydrogen (secondary N) is 1. The van der Waals surface area contributed by atoms with E-state index in [1.165, 1.54) is 0 Å². The minimum Gasteiger partial charge on any atom is -0.481 e. The summed E-state index contributed by atoms with van der Waals surface area (Å²) in [4.78, 5) is 21.7. The molecule has 98 valence electrons. The van der Waals surface area contributed by atoms with Crippen molar-refractivity contribution in [1.82, 2.24) is 5.32 Å². The molecule has 0 heterocycles. The van der Waals surface area contributed by atoms with Crippen LogP contribution in [0.15, 0.2) is 24.3 Å². The summed E-state index contributed by atoms with van der Waals surface area (Å²) < 4.78 is 5.06. The highest BCUT2D eigenvalue weighted by Gasteiger charge is 2.06. The van der Waals surface area contributed by atoms with E-state index in [1.807, 2.05) is 24.3 Å². The number of carbonyl (C=O) groups is 2. The number of benzene rings is 1. The molecule has 0 aromatic heterocycles. The number of methoxy groups -OCH3 is 1. The molecule has 0 fully saturated rings. The Hall–Kier alpha value is -1.88. The molecule has 0 saturated heterocycles. The average molecular weight is 251 g/mol. The van der Waals surface area contributed by atoms with Crippen LogP contribution in [0.5, 0.6) is 0 Å². The molecule has 0 atom stereocenters. The van der Waals surface area contributed by atoms with E-state index < -0.39 is 5.97 Å². The molecule has 5 nitrogen and oxygen atoms in total. The molecule has 0 radical (unpaired) electrons. The molecule has 1 aromatic rings. The quantitative estimate of drug-likeness (QED) is 0.766. The van der Waals surface area contributed by atoms with Crippen molar-refractivity contribution >= 4 is 11.9 Å². The first-order valence-electron chi connectivity index (χ1n) is 5.67. The maximum atomic E-state index is 11.4. The van der Waals surface area contributed by atoms with Crippen molar-refractivity contribution in [3.8, 4) is 0 Å². The van der Waals surface area contributed by atoms with Crippen LogP contribution in [0.2, 0.25) is 0 Å². The van der Waals surface area contributed by atoms with Crippen molar-refractivity contribution < 1.29 is 19.4 Å². The molecule has 5 heteroatoms. The number of aliphatic carboxylic acids is 1. The fraction of sp³-hybridized carbons (Fsp3) is 0.385. The third-order valence-corrected chi connectivity index (χ3v) is 2.46. The van der Waals surface area contributed by atoms with Gasteiger partial charge in [0.15, 0.2) is 0 Å². The molecule has 1 aromatic carbocycles. The molecule has 0 bridgehead atoms. The van der Waals surface area contributed by atoms with Crippen LogP contribution in [0.1, 0.15) is 24.0 Å². The predicted octanol–water partition coefficient (Wildman–Crippen LogP) is 1.31. The Morgan fingerprint density at radius 1 is 1.22 bits per heavy atom. The zero-order chi connectivity index (χ0) is 13.4. The lowest BCUT2D eigenvalue weighted by atomic mass is 10.1. The summed E-state index contributed by atoms with van der Waals surface area (Å²) >= 11 is 0. The van der Waals surface area contributed by atoms with Gasteiger partial charge in [-0.1, -0.05) is 24.3 Å². The number of hydrogen-bond acceptors (Lipinski definition) is 3. The first-order valence-corrected chi connectivity index (χ1v) is 5.67. The van der Waals surface area contributed by atoms with Gasteiger partial charge in [-0.15, -0.1) is 0 Å². The standard InChI is InChI=1S/C13H17NO4/c1-18-9-11-5-3-2-4-10(11)8-14-12(15)6-7-13(16)17/h2-5H,6-9H2,1H3,(H,14,15)(H,16,17). The number of rotatable bonds is 7. The van der Waals surface area contributed by atoms with E-state index in [1.54, 1.807) is 7.11 Å². The third kappa shape index (κ3) is 4.97. The molecular weight excluding hydrogens is 234 g/mol. The minimum absolute atomic E-state index is 0.00176. The zero-order valence-electron chi connectivity index (χ0n) is 10.3. The van der Waals surface area contributed by atoms with Gasteiger partial charge < -0.3 is 15.2 Å². The number of carboxylic acid groups (broad SMARTS) is 1. The lowest BCUT2D eigenvalue weighted by Crippen LogP contribution is -2.23. The van der Waals surface area contributed by atoms with Crippen LogP contribution in [0, 0.1) is 0 Å². The first kappa shape index (κ1) is 14.2. The monoisotopic (exact) mass is 251 g/mol. The first-order chi connectivity index (χ1) is 8.63. The van der Waals surface area contributed by atoms with E-state index in [4.69, 9.17) is 9.84 Å². The van der Waals surface area contributed by atoms with Crippen molar-refractivity contribution in [2.75, 3.05) is 7.11 Å². The van der Waals surface area contributed by atoms with Crippen molar-refractivity contribution in [2.24, 2.45) is 0 Å². The Labute approximate surface area is 106 Å². The molecule has 2 N–H and O–H groups in total. The maximum Gasteiger partial charge on any atom is 0.303 e. The smallest absolute Gasteiger partial charge is 0.303 e. The van der Waals surface area contributed by atoms with Crippen molar-refractivity contribution in [1.29, 1.82) is 0 Å². The van der Waals surface area contributed by atoms with Crippen molar-refractivity contribution in [3.63, 3.8) is 0 Å². The van der Waals surface area contributed by atoms with Crippen LogP contribution in [0.4, 0.5) is 0 Å². The number of amides is 1. The second-order valence-corrected chi connectivity index (χ2v) is 3.87. The van der Waals surface area contributed by atoms with Crippen molar-refractivity contribution in [3.05, 3.63) is 35.4 Å². The summed E-state index contributed by atoms with van der Waals surface area (Å²) in [7, 11) is 1.61. The highest BCUT2D eigenvalue weighted by molar-refractivity contribution is 5.80. The number of carboxylic acids is 1. The van der Waals surface area contributed by atoms with Gasteiger partial charge in [-0.05, 0) is 11.1 Å². The van der Waals surface area contributed by atoms with Crippen LogP contribution < -0.4 is 5.32 Å². The minimum atomic E-state index is -0.968. The van der Waals surface area contributed by atoms with Gasteiger partial charge in [-0.2, -0.15) is 0 Å². The molecule has 0 spiro atoms. The SMILES string of the molecule is COCc1ccccc1CNC(=O)CCC(=O)O. The van der Waals surface area contributed by atoms with E-state index in [2.05, 4.69) is 5.32 Å². The van der Waals surface area contributed by atoms with Gasteiger partial charge in [-0.3, -0.25) is 9.59 Å². The van der Waals surface area contributed by atoms with Crippen LogP contribution in [-0.2, 0) is 27.5 Å². The predicted molar refractivity (Wildman–Crippen MR) is 65.9 cm³/mol. The zero-order valence-corrected chi connectivity index (χ0v) is 10.3. The van der Waals surface area contributed by atoms with Gasteiger partial charge in [0.2, 0.25) is 5.91 Å². The van der Waals surface area contributed by atoms with Gasteiger partial charge in [0.25, 0.3) is 0 Å². The van der Waals surface area contributed by atoms with Crippen LogP contribution in [0.3, 0.4) is 0 Å². The number of hydrogen-bond donors (Lipinski definition) is 2. The largest absolute Gasteiger partial charge is 0.481 e. The van der Waals surface area contributed by atoms with Gasteiger partial charge in [0, 0.05) is 20.1 Å². The molecular formula is C13H17NO4. The molecule has 1 rings (SSSR count). The summed E-state index contributed by atoms with van der Waals surface area (Å²) in [6, 6.07) is 7.63. The van der Waals surface area contributed by atoms with Crippen LogP contribution in [0.25, 0.3) is 0 Å². The van der Waals surface area contributed by atoms with Gasteiger partial charge >= 0.3 is 5.97 Å². The average Bonchev–Trinajstić information content (AvgIpc) is 2.35. The Bertz CT molecular complexity index is 417. The molecule has 0 saturated carbocycles. The Balaban J connectivity index is 2.47. The lowest BCUT2D eigenvalue weighted by molar-refractivity contribution is -0.138. The van der Waals surface area contributed by atoms with Crippen LogP contribution in [-0.4, -0.2) is 24.1 Å². The number of carbonyl (C=O) groups excluding carboxylic acids is 1. The fourth-order valence-corrected chi connectivity index (χ4v) is 1.53. The number of ether oxygens (including phenoxy) is 1. The van der Waals surface area contributed by atoms with Crippen LogP contribution >= 0.6 is 0 Å². The second-order valence-electron chi connectivity index (χ2n) is 3.87. The highest BCUT2D eigenvalue weighted by atomic mass is 16.5. The van der Waals surface area contributed by atoms with Gasteiger partial charge in [0.05, 0.1) is 13.0 Å². The molecule has 0 aliphatic heterocycles. The maximum absolute atomic E-state index is 11.4. The van der Waals surface area contributed by atoms with E-state index in [9.17, 15) is 9.59 Å². The summed E-state index contributed by atoms with van der Waals surface area (Å²) in [5, 5.41) is 11.2. The lowest BCUT2D eigenvalue weighted by Gasteiger charge is -2.09. The Kier molecular flexibility index (Phi) is 5.87. The Morgan fingerprint density at radius 3 is 2.50 bits per heavy atom. The fourth-order valence-electron chi connectivity index (χ4n) is 1.53. The van der Waals surface area contributed by atoms with Crippen molar-refractivity contribution in [2.45, 2.75) is 26.0 Å². The summed E-state index contributed by atoms with van der Waals surface area (Å²) in [5.74, 6) is -1.23.